The number of unbranched alkanes of at least 4 members (excludes halogenated alkanes) is 6. The summed E-state index contributed by atoms with van der Waals surface area (Å²) in [5.41, 5.74) is -0.0952. The topological polar surface area (TPSA) is 27.7 Å². The number of rotatable bonds is 15. The molecule has 0 amide bonds. The summed E-state index contributed by atoms with van der Waals surface area (Å²) in [4.78, 5) is 0. The largest absolute Gasteiger partial charge is 0.573 e. The van der Waals surface area contributed by atoms with E-state index in [9.17, 15) is 30.7 Å². The molecule has 0 fully saturated rings. The lowest BCUT2D eigenvalue weighted by molar-refractivity contribution is -0.274. The molecule has 0 aliphatic heterocycles. The van der Waals surface area contributed by atoms with Gasteiger partial charge >= 0.3 is 18.6 Å². The first kappa shape index (κ1) is 31.1. The van der Waals surface area contributed by atoms with E-state index in [4.69, 9.17) is 4.74 Å². The molecule has 3 aromatic rings. The van der Waals surface area contributed by atoms with E-state index >= 15 is 0 Å². The zero-order valence-electron chi connectivity index (χ0n) is 22.0. The first-order chi connectivity index (χ1) is 18.9. The van der Waals surface area contributed by atoms with Crippen molar-refractivity contribution in [2.24, 2.45) is 0 Å². The van der Waals surface area contributed by atoms with Gasteiger partial charge in [0.15, 0.2) is 0 Å². The van der Waals surface area contributed by atoms with E-state index in [1.807, 2.05) is 0 Å². The molecule has 0 heterocycles. The van der Waals surface area contributed by atoms with Crippen LogP contribution >= 0.6 is 0 Å². The second-order valence-electron chi connectivity index (χ2n) is 9.35. The minimum absolute atomic E-state index is 0.342. The molecular weight excluding hydrogens is 541 g/mol. The highest BCUT2D eigenvalue weighted by Gasteiger charge is 2.37. The van der Waals surface area contributed by atoms with Crippen LogP contribution in [0.4, 0.5) is 30.7 Å². The van der Waals surface area contributed by atoms with Gasteiger partial charge in [-0.1, -0.05) is 57.6 Å². The Labute approximate surface area is 228 Å². The maximum absolute atomic E-state index is 14.7. The van der Waals surface area contributed by atoms with Crippen molar-refractivity contribution in [3.05, 3.63) is 89.5 Å². The molecule has 0 aliphatic rings. The summed E-state index contributed by atoms with van der Waals surface area (Å²) in [5.74, 6) is -1.37. The second-order valence-corrected chi connectivity index (χ2v) is 9.35. The lowest BCUT2D eigenvalue weighted by Crippen LogP contribution is -2.23. The molecule has 3 rings (SSSR count). The molecule has 3 nitrogen and oxygen atoms in total. The third kappa shape index (κ3) is 9.95. The van der Waals surface area contributed by atoms with Crippen molar-refractivity contribution < 1.29 is 44.9 Å². The van der Waals surface area contributed by atoms with Crippen molar-refractivity contribution in [1.82, 2.24) is 0 Å². The van der Waals surface area contributed by atoms with E-state index in [2.05, 4.69) is 16.4 Å². The van der Waals surface area contributed by atoms with Crippen molar-refractivity contribution in [3.63, 3.8) is 0 Å². The number of hydrogen-bond acceptors (Lipinski definition) is 3. The number of hydrogen-bond donors (Lipinski definition) is 0. The Kier molecular flexibility index (Phi) is 10.7. The van der Waals surface area contributed by atoms with Crippen molar-refractivity contribution in [2.75, 3.05) is 0 Å². The fourth-order valence-electron chi connectivity index (χ4n) is 3.99. The number of aryl methyl sites for hydroxylation is 1. The summed E-state index contributed by atoms with van der Waals surface area (Å²) in [6.07, 6.45) is -3.61. The molecule has 0 aliphatic carbocycles. The molecule has 3 aromatic carbocycles. The fraction of sp³-hybridized carbons (Fsp3) is 0.400. The van der Waals surface area contributed by atoms with Gasteiger partial charge in [-0.05, 0) is 79.1 Å². The SMILES string of the molecule is CCCCCCCCCc1ccc(C(F)(F)Oc2ccc(C(F)(F)Oc3ccc(OC(F)(F)F)cc3)cc2)cc1. The number of benzene rings is 3. The standard InChI is InChI=1S/C30H31F7O3/c1-2-3-4-5-6-7-8-9-22-10-12-23(13-11-22)28(31,32)38-25-16-14-24(15-17-25)29(33,34)39-26-18-20-27(21-19-26)40-30(35,36)37/h10-21H,2-9H2,1H3. The Balaban J connectivity index is 1.53. The Hall–Kier alpha value is -3.43. The quantitative estimate of drug-likeness (QED) is 0.134. The molecular formula is C30H31F7O3. The summed E-state index contributed by atoms with van der Waals surface area (Å²) in [6.45, 7) is 2.17. The number of halogens is 7. The van der Waals surface area contributed by atoms with Crippen LogP contribution in [0.2, 0.25) is 0 Å². The summed E-state index contributed by atoms with van der Waals surface area (Å²) >= 11 is 0. The van der Waals surface area contributed by atoms with Crippen LogP contribution in [0.25, 0.3) is 0 Å². The summed E-state index contributed by atoms with van der Waals surface area (Å²) in [5, 5.41) is 0. The highest BCUT2D eigenvalue weighted by Crippen LogP contribution is 2.36. The van der Waals surface area contributed by atoms with Crippen LogP contribution in [0.15, 0.2) is 72.8 Å². The molecule has 0 aromatic heterocycles. The number of alkyl halides is 7. The van der Waals surface area contributed by atoms with Gasteiger partial charge in [-0.15, -0.1) is 13.2 Å². The third-order valence-corrected chi connectivity index (χ3v) is 6.10. The molecule has 0 radical (unpaired) electrons. The predicted octanol–water partition coefficient (Wildman–Crippen LogP) is 10.1. The molecule has 0 atom stereocenters. The average molecular weight is 573 g/mol. The minimum Gasteiger partial charge on any atom is -0.429 e. The van der Waals surface area contributed by atoms with Gasteiger partial charge in [-0.2, -0.15) is 17.6 Å². The van der Waals surface area contributed by atoms with Crippen LogP contribution in [-0.4, -0.2) is 6.36 Å². The van der Waals surface area contributed by atoms with Crippen molar-refractivity contribution in [3.8, 4) is 17.2 Å². The van der Waals surface area contributed by atoms with Crippen LogP contribution in [0, 0.1) is 0 Å². The van der Waals surface area contributed by atoms with Crippen molar-refractivity contribution in [2.45, 2.75) is 76.9 Å². The lowest BCUT2D eigenvalue weighted by atomic mass is 10.0. The van der Waals surface area contributed by atoms with Gasteiger partial charge in [0.05, 0.1) is 11.1 Å². The van der Waals surface area contributed by atoms with Gasteiger partial charge < -0.3 is 14.2 Å². The Morgan fingerprint density at radius 3 is 1.30 bits per heavy atom. The first-order valence-electron chi connectivity index (χ1n) is 13.1. The van der Waals surface area contributed by atoms with Gasteiger partial charge in [0.2, 0.25) is 0 Å². The highest BCUT2D eigenvalue weighted by atomic mass is 19.4. The van der Waals surface area contributed by atoms with Gasteiger partial charge in [0.1, 0.15) is 17.2 Å². The van der Waals surface area contributed by atoms with E-state index in [1.165, 1.54) is 37.8 Å². The van der Waals surface area contributed by atoms with Crippen molar-refractivity contribution in [1.29, 1.82) is 0 Å². The average Bonchev–Trinajstić information content (AvgIpc) is 2.89. The van der Waals surface area contributed by atoms with Gasteiger partial charge in [0.25, 0.3) is 0 Å². The maximum Gasteiger partial charge on any atom is 0.573 e. The van der Waals surface area contributed by atoms with E-state index in [0.29, 0.717) is 0 Å². The molecule has 0 saturated heterocycles. The van der Waals surface area contributed by atoms with Crippen molar-refractivity contribution >= 4 is 0 Å². The molecule has 0 spiro atoms. The molecule has 218 valence electrons. The fourth-order valence-corrected chi connectivity index (χ4v) is 3.99. The Bertz CT molecular complexity index is 1160. The molecule has 10 heteroatoms. The van der Waals surface area contributed by atoms with Crippen LogP contribution in [0.3, 0.4) is 0 Å². The monoisotopic (exact) mass is 572 g/mol. The second kappa shape index (κ2) is 13.8. The van der Waals surface area contributed by atoms with E-state index in [1.54, 1.807) is 12.1 Å². The maximum atomic E-state index is 14.7. The van der Waals surface area contributed by atoms with E-state index in [0.717, 1.165) is 79.8 Å². The first-order valence-corrected chi connectivity index (χ1v) is 13.1. The third-order valence-electron chi connectivity index (χ3n) is 6.10. The molecule has 40 heavy (non-hydrogen) atoms. The zero-order chi connectivity index (χ0) is 29.2. The molecule has 0 N–H and O–H groups in total. The highest BCUT2D eigenvalue weighted by molar-refractivity contribution is 5.34. The predicted molar refractivity (Wildman–Crippen MR) is 137 cm³/mol. The van der Waals surface area contributed by atoms with Gasteiger partial charge in [-0.25, -0.2) is 0 Å². The smallest absolute Gasteiger partial charge is 0.429 e. The van der Waals surface area contributed by atoms with Gasteiger partial charge in [-0.3, -0.25) is 0 Å². The van der Waals surface area contributed by atoms with Crippen LogP contribution in [0.5, 0.6) is 17.2 Å². The lowest BCUT2D eigenvalue weighted by Gasteiger charge is -2.21. The number of ether oxygens (including phenoxy) is 3. The normalized spacial score (nSPS) is 12.3. The van der Waals surface area contributed by atoms with Crippen LogP contribution < -0.4 is 14.2 Å². The van der Waals surface area contributed by atoms with E-state index in [-0.39, 0.29) is 11.3 Å². The molecule has 0 bridgehead atoms. The van der Waals surface area contributed by atoms with Crippen LogP contribution in [0.1, 0.15) is 68.6 Å². The van der Waals surface area contributed by atoms with Crippen LogP contribution in [-0.2, 0) is 18.6 Å². The Morgan fingerprint density at radius 1 is 0.475 bits per heavy atom. The molecule has 0 unspecified atom stereocenters. The van der Waals surface area contributed by atoms with E-state index < -0.39 is 35.6 Å². The Morgan fingerprint density at radius 2 is 0.850 bits per heavy atom. The van der Waals surface area contributed by atoms with Gasteiger partial charge in [0, 0.05) is 0 Å². The molecule has 0 saturated carbocycles. The minimum atomic E-state index is -4.93. The zero-order valence-corrected chi connectivity index (χ0v) is 22.0. The summed E-state index contributed by atoms with van der Waals surface area (Å²) < 4.78 is 108. The summed E-state index contributed by atoms with van der Waals surface area (Å²) in [7, 11) is 0. The summed E-state index contributed by atoms with van der Waals surface area (Å²) in [6, 6.07) is 12.9.